The van der Waals surface area contributed by atoms with Crippen LogP contribution < -0.4 is 4.72 Å². The van der Waals surface area contributed by atoms with Gasteiger partial charge in [0, 0.05) is 19.0 Å². The minimum absolute atomic E-state index is 0.112. The molecule has 2 aliphatic rings. The first-order chi connectivity index (χ1) is 16.3. The average Bonchev–Trinajstić information content (AvgIpc) is 2.75. The van der Waals surface area contributed by atoms with Crippen LogP contribution in [0.2, 0.25) is 0 Å². The first kappa shape index (κ1) is 27.3. The van der Waals surface area contributed by atoms with Crippen molar-refractivity contribution in [3.63, 3.8) is 0 Å². The Labute approximate surface area is 200 Å². The van der Waals surface area contributed by atoms with Crippen LogP contribution in [0.3, 0.4) is 0 Å². The number of alkyl halides is 3. The molecule has 1 N–H and O–H groups in total. The summed E-state index contributed by atoms with van der Waals surface area (Å²) in [5.74, 6) is -1.74. The second kappa shape index (κ2) is 10.8. The standard InChI is InChI=1S/C22H27F5N2O5S/c1-33-21(30)29-9-3-4-19(28-35(2,31)32)20(29)12-34-14-6-7-15(18(24)11-14)16-10-13(23)5-8-17(16)22(25,26)27/h5,8,10,14,19-20,28H,3-4,6-7,9,11-12H2,1-2H3. The highest BCUT2D eigenvalue weighted by atomic mass is 32.2. The number of benzene rings is 1. The lowest BCUT2D eigenvalue weighted by atomic mass is 9.88. The number of carbonyl (C=O) groups is 1. The van der Waals surface area contributed by atoms with Gasteiger partial charge in [-0.15, -0.1) is 0 Å². The van der Waals surface area contributed by atoms with E-state index >= 15 is 0 Å². The molecule has 7 nitrogen and oxygen atoms in total. The first-order valence-corrected chi connectivity index (χ1v) is 12.9. The van der Waals surface area contributed by atoms with E-state index in [4.69, 9.17) is 9.47 Å². The summed E-state index contributed by atoms with van der Waals surface area (Å²) in [6, 6.07) is 0.569. The first-order valence-electron chi connectivity index (χ1n) is 11.0. The highest BCUT2D eigenvalue weighted by molar-refractivity contribution is 7.88. The van der Waals surface area contributed by atoms with Crippen LogP contribution in [0.25, 0.3) is 5.57 Å². The van der Waals surface area contributed by atoms with Crippen molar-refractivity contribution in [2.75, 3.05) is 26.5 Å². The molecule has 0 radical (unpaired) electrons. The number of nitrogens with zero attached hydrogens (tertiary/aromatic N) is 1. The van der Waals surface area contributed by atoms with Gasteiger partial charge < -0.3 is 14.4 Å². The Morgan fingerprint density at radius 2 is 1.94 bits per heavy atom. The molecule has 0 bridgehead atoms. The SMILES string of the molecule is COC(=O)N1CCCC(NS(C)(=O)=O)C1COC1CCC(c2cc(F)ccc2C(F)(F)F)=C(F)C1. The molecule has 1 aliphatic carbocycles. The third-order valence-electron chi connectivity index (χ3n) is 6.12. The number of nitrogens with one attached hydrogen (secondary N) is 1. The van der Waals surface area contributed by atoms with Gasteiger partial charge in [0.1, 0.15) is 11.6 Å². The molecule has 3 unspecified atom stereocenters. The Balaban J connectivity index is 1.76. The van der Waals surface area contributed by atoms with E-state index in [-0.39, 0.29) is 31.4 Å². The van der Waals surface area contributed by atoms with Crippen LogP contribution in [-0.4, -0.2) is 64.1 Å². The Bertz CT molecular complexity index is 1080. The molecule has 1 saturated heterocycles. The van der Waals surface area contributed by atoms with Crippen molar-refractivity contribution in [1.82, 2.24) is 9.62 Å². The monoisotopic (exact) mass is 526 g/mol. The van der Waals surface area contributed by atoms with E-state index in [1.54, 1.807) is 0 Å². The van der Waals surface area contributed by atoms with Crippen molar-refractivity contribution in [2.24, 2.45) is 0 Å². The lowest BCUT2D eigenvalue weighted by Crippen LogP contribution is -2.59. The van der Waals surface area contributed by atoms with Crippen molar-refractivity contribution < 1.29 is 44.6 Å². The summed E-state index contributed by atoms with van der Waals surface area (Å²) in [4.78, 5) is 13.6. The second-order valence-corrected chi connectivity index (χ2v) is 10.4. The lowest BCUT2D eigenvalue weighted by molar-refractivity contribution is -0.137. The summed E-state index contributed by atoms with van der Waals surface area (Å²) in [6.45, 7) is 0.175. The number of ether oxygens (including phenoxy) is 2. The van der Waals surface area contributed by atoms with Crippen LogP contribution in [0.4, 0.5) is 26.7 Å². The molecule has 196 valence electrons. The van der Waals surface area contributed by atoms with E-state index in [1.807, 2.05) is 0 Å². The number of likely N-dealkylation sites (tertiary alicyclic amines) is 1. The maximum atomic E-state index is 14.9. The number of hydrogen-bond acceptors (Lipinski definition) is 5. The van der Waals surface area contributed by atoms with Gasteiger partial charge in [-0.05, 0) is 55.0 Å². The molecule has 1 amide bonds. The van der Waals surface area contributed by atoms with Crippen LogP contribution in [0.1, 0.15) is 43.2 Å². The molecule has 0 saturated carbocycles. The van der Waals surface area contributed by atoms with Crippen LogP contribution in [-0.2, 0) is 25.7 Å². The summed E-state index contributed by atoms with van der Waals surface area (Å²) in [5, 5.41) is 0. The summed E-state index contributed by atoms with van der Waals surface area (Å²) >= 11 is 0. The van der Waals surface area contributed by atoms with E-state index in [0.29, 0.717) is 37.6 Å². The molecule has 35 heavy (non-hydrogen) atoms. The maximum absolute atomic E-state index is 14.9. The molecule has 3 atom stereocenters. The minimum atomic E-state index is -4.77. The van der Waals surface area contributed by atoms with Gasteiger partial charge in [0.25, 0.3) is 0 Å². The molecular formula is C22H27F5N2O5S. The number of allylic oxidation sites excluding steroid dienone is 1. The molecule has 1 fully saturated rings. The van der Waals surface area contributed by atoms with E-state index in [0.717, 1.165) is 6.26 Å². The lowest BCUT2D eigenvalue weighted by Gasteiger charge is -2.40. The molecule has 0 spiro atoms. The molecule has 1 aromatic rings. The van der Waals surface area contributed by atoms with E-state index < -0.39 is 63.3 Å². The van der Waals surface area contributed by atoms with Gasteiger partial charge in [-0.1, -0.05) is 0 Å². The summed E-state index contributed by atoms with van der Waals surface area (Å²) < 4.78 is 105. The van der Waals surface area contributed by atoms with Crippen molar-refractivity contribution >= 4 is 21.7 Å². The van der Waals surface area contributed by atoms with Crippen molar-refractivity contribution in [3.8, 4) is 0 Å². The molecule has 0 aromatic heterocycles. The van der Waals surface area contributed by atoms with Crippen LogP contribution in [0.15, 0.2) is 24.0 Å². The number of methoxy groups -OCH3 is 1. The largest absolute Gasteiger partial charge is 0.453 e. The Morgan fingerprint density at radius 3 is 2.54 bits per heavy atom. The van der Waals surface area contributed by atoms with Crippen molar-refractivity contribution in [2.45, 2.75) is 56.5 Å². The normalized spacial score (nSPS) is 24.0. The van der Waals surface area contributed by atoms with Crippen molar-refractivity contribution in [1.29, 1.82) is 0 Å². The molecular weight excluding hydrogens is 499 g/mol. The molecule has 1 aliphatic heterocycles. The third-order valence-corrected chi connectivity index (χ3v) is 6.85. The van der Waals surface area contributed by atoms with Gasteiger partial charge in [0.15, 0.2) is 0 Å². The number of amides is 1. The fourth-order valence-electron chi connectivity index (χ4n) is 4.56. The van der Waals surface area contributed by atoms with Crippen LogP contribution in [0.5, 0.6) is 0 Å². The predicted octanol–water partition coefficient (Wildman–Crippen LogP) is 4.24. The quantitative estimate of drug-likeness (QED) is 0.561. The Morgan fingerprint density at radius 1 is 1.23 bits per heavy atom. The van der Waals surface area contributed by atoms with Gasteiger partial charge in [0.05, 0.1) is 37.7 Å². The van der Waals surface area contributed by atoms with Gasteiger partial charge in [-0.2, -0.15) is 13.2 Å². The topological polar surface area (TPSA) is 84.9 Å². The number of piperidine rings is 1. The van der Waals surface area contributed by atoms with Gasteiger partial charge in [-0.3, -0.25) is 0 Å². The molecule has 1 heterocycles. The smallest absolute Gasteiger partial charge is 0.417 e. The minimum Gasteiger partial charge on any atom is -0.453 e. The number of hydrogen-bond donors (Lipinski definition) is 1. The van der Waals surface area contributed by atoms with Gasteiger partial charge in [-0.25, -0.2) is 26.7 Å². The highest BCUT2D eigenvalue weighted by Gasteiger charge is 2.39. The fourth-order valence-corrected chi connectivity index (χ4v) is 5.38. The van der Waals surface area contributed by atoms with Gasteiger partial charge in [0.2, 0.25) is 10.0 Å². The zero-order chi connectivity index (χ0) is 26.0. The zero-order valence-corrected chi connectivity index (χ0v) is 20.0. The predicted molar refractivity (Wildman–Crippen MR) is 117 cm³/mol. The van der Waals surface area contributed by atoms with E-state index in [1.165, 1.54) is 12.0 Å². The van der Waals surface area contributed by atoms with E-state index in [9.17, 15) is 35.2 Å². The second-order valence-electron chi connectivity index (χ2n) is 8.64. The molecule has 1 aromatic carbocycles. The third kappa shape index (κ3) is 6.91. The number of rotatable bonds is 6. The summed E-state index contributed by atoms with van der Waals surface area (Å²) in [6.07, 6.45) is -4.49. The molecule has 13 heteroatoms. The highest BCUT2D eigenvalue weighted by Crippen LogP contribution is 2.41. The zero-order valence-electron chi connectivity index (χ0n) is 19.2. The number of halogens is 5. The average molecular weight is 527 g/mol. The van der Waals surface area contributed by atoms with Crippen LogP contribution >= 0.6 is 0 Å². The number of carbonyl (C=O) groups excluding carboxylic acids is 1. The number of sulfonamides is 1. The molecule has 3 rings (SSSR count). The Kier molecular flexibility index (Phi) is 8.43. The van der Waals surface area contributed by atoms with Gasteiger partial charge >= 0.3 is 12.3 Å². The van der Waals surface area contributed by atoms with Crippen LogP contribution in [0, 0.1) is 5.82 Å². The fraction of sp³-hybridized carbons (Fsp3) is 0.591. The summed E-state index contributed by atoms with van der Waals surface area (Å²) in [7, 11) is -2.40. The Hall–Kier alpha value is -2.25. The van der Waals surface area contributed by atoms with E-state index in [2.05, 4.69) is 4.72 Å². The maximum Gasteiger partial charge on any atom is 0.417 e. The summed E-state index contributed by atoms with van der Waals surface area (Å²) in [5.41, 5.74) is -1.87. The van der Waals surface area contributed by atoms with Crippen molar-refractivity contribution in [3.05, 3.63) is 41.0 Å².